The van der Waals surface area contributed by atoms with Crippen LogP contribution in [0.2, 0.25) is 0 Å². The van der Waals surface area contributed by atoms with Crippen molar-refractivity contribution in [2.24, 2.45) is 10.8 Å². The first-order chi connectivity index (χ1) is 7.81. The summed E-state index contributed by atoms with van der Waals surface area (Å²) in [4.78, 5) is 8.97. The van der Waals surface area contributed by atoms with Gasteiger partial charge in [-0.1, -0.05) is 6.92 Å². The fourth-order valence-electron chi connectivity index (χ4n) is 1.76. The van der Waals surface area contributed by atoms with Crippen molar-refractivity contribution in [3.8, 4) is 0 Å². The minimum Gasteiger partial charge on any atom is -0.383 e. The fraction of sp³-hybridized carbons (Fsp3) is 0.900. The number of hydrogen-bond donors (Lipinski definition) is 2. The van der Waals surface area contributed by atoms with Crippen molar-refractivity contribution in [3.05, 3.63) is 0 Å². The van der Waals surface area contributed by atoms with Crippen molar-refractivity contribution in [3.63, 3.8) is 0 Å². The maximum atomic E-state index is 5.48. The molecule has 0 bridgehead atoms. The number of likely N-dealkylation sites (N-methyl/N-ethyl adjacent to an activating group) is 1. The van der Waals surface area contributed by atoms with Crippen LogP contribution in [0.4, 0.5) is 0 Å². The van der Waals surface area contributed by atoms with Crippen molar-refractivity contribution in [1.29, 1.82) is 0 Å². The first kappa shape index (κ1) is 13.2. The second-order valence-corrected chi connectivity index (χ2v) is 3.76. The van der Waals surface area contributed by atoms with E-state index in [-0.39, 0.29) is 0 Å². The summed E-state index contributed by atoms with van der Waals surface area (Å²) >= 11 is 0. The van der Waals surface area contributed by atoms with E-state index >= 15 is 0 Å². The number of nitrogens with zero attached hydrogens (tertiary/aromatic N) is 3. The van der Waals surface area contributed by atoms with Gasteiger partial charge in [0.2, 0.25) is 5.96 Å². The minimum absolute atomic E-state index is 0.625. The Morgan fingerprint density at radius 3 is 2.56 bits per heavy atom. The molecule has 1 heterocycles. The highest BCUT2D eigenvalue weighted by Crippen LogP contribution is 2.01. The van der Waals surface area contributed by atoms with Crippen LogP contribution in [-0.2, 0) is 4.74 Å². The summed E-state index contributed by atoms with van der Waals surface area (Å²) in [6, 6.07) is 0. The molecule has 3 N–H and O–H groups in total. The highest BCUT2D eigenvalue weighted by atomic mass is 16.5. The number of piperazine rings is 1. The van der Waals surface area contributed by atoms with Crippen LogP contribution in [0.25, 0.3) is 0 Å². The molecule has 0 saturated carbocycles. The van der Waals surface area contributed by atoms with Crippen molar-refractivity contribution in [2.75, 3.05) is 53.0 Å². The zero-order chi connectivity index (χ0) is 11.8. The molecule has 6 heteroatoms. The summed E-state index contributed by atoms with van der Waals surface area (Å²) in [5, 5.41) is 0. The first-order valence-corrected chi connectivity index (χ1v) is 5.79. The van der Waals surface area contributed by atoms with E-state index in [1.807, 2.05) is 0 Å². The van der Waals surface area contributed by atoms with Crippen molar-refractivity contribution in [2.45, 2.75) is 6.92 Å². The van der Waals surface area contributed by atoms with Gasteiger partial charge in [0.05, 0.1) is 13.2 Å². The summed E-state index contributed by atoms with van der Waals surface area (Å²) in [6.07, 6.45) is 0. The van der Waals surface area contributed by atoms with Gasteiger partial charge in [-0.05, 0) is 6.54 Å². The van der Waals surface area contributed by atoms with Gasteiger partial charge in [0, 0.05) is 33.3 Å². The standard InChI is InChI=1S/C10H23N5O/c1-3-14-5-7-15(8-6-14)10(13-11)12-4-9-16-2/h3-9,11H2,1-2H3,(H,12,13). The third kappa shape index (κ3) is 3.96. The SMILES string of the molecule is CCN1CCN(C(=NCCOC)NN)CC1. The number of aliphatic imine (C=N–C) groups is 1. The Bertz CT molecular complexity index is 213. The second kappa shape index (κ2) is 7.43. The van der Waals surface area contributed by atoms with Gasteiger partial charge in [0.1, 0.15) is 0 Å². The number of nitrogens with two attached hydrogens (primary N) is 1. The number of hydrazine groups is 1. The van der Waals surface area contributed by atoms with Gasteiger partial charge in [-0.15, -0.1) is 0 Å². The van der Waals surface area contributed by atoms with Gasteiger partial charge >= 0.3 is 0 Å². The van der Waals surface area contributed by atoms with Gasteiger partial charge in [-0.3, -0.25) is 5.43 Å². The Balaban J connectivity index is 2.39. The van der Waals surface area contributed by atoms with E-state index < -0.39 is 0 Å². The lowest BCUT2D eigenvalue weighted by Gasteiger charge is -2.35. The topological polar surface area (TPSA) is 66.1 Å². The largest absolute Gasteiger partial charge is 0.383 e. The molecule has 1 aliphatic rings. The van der Waals surface area contributed by atoms with E-state index in [4.69, 9.17) is 10.6 Å². The summed E-state index contributed by atoms with van der Waals surface area (Å²) in [5.41, 5.74) is 2.67. The Kier molecular flexibility index (Phi) is 6.14. The molecule has 0 aromatic carbocycles. The van der Waals surface area contributed by atoms with Crippen LogP contribution in [0, 0.1) is 0 Å². The smallest absolute Gasteiger partial charge is 0.208 e. The monoisotopic (exact) mass is 229 g/mol. The molecule has 0 atom stereocenters. The number of nitrogens with one attached hydrogen (secondary N) is 1. The van der Waals surface area contributed by atoms with E-state index in [2.05, 4.69) is 27.1 Å². The van der Waals surface area contributed by atoms with E-state index in [0.29, 0.717) is 13.2 Å². The molecule has 1 fully saturated rings. The van der Waals surface area contributed by atoms with Crippen LogP contribution in [0.1, 0.15) is 6.92 Å². The summed E-state index contributed by atoms with van der Waals surface area (Å²) < 4.78 is 4.96. The molecule has 16 heavy (non-hydrogen) atoms. The zero-order valence-electron chi connectivity index (χ0n) is 10.3. The average Bonchev–Trinajstić information content (AvgIpc) is 2.35. The average molecular weight is 229 g/mol. The highest BCUT2D eigenvalue weighted by Gasteiger charge is 2.17. The molecule has 0 amide bonds. The maximum Gasteiger partial charge on any atom is 0.208 e. The molecule has 0 aromatic heterocycles. The molecule has 1 aliphatic heterocycles. The molecule has 94 valence electrons. The van der Waals surface area contributed by atoms with Gasteiger partial charge in [0.25, 0.3) is 0 Å². The first-order valence-electron chi connectivity index (χ1n) is 5.79. The molecule has 0 unspecified atom stereocenters. The fourth-order valence-corrected chi connectivity index (χ4v) is 1.76. The molecular weight excluding hydrogens is 206 g/mol. The van der Waals surface area contributed by atoms with E-state index in [9.17, 15) is 0 Å². The summed E-state index contributed by atoms with van der Waals surface area (Å²) in [7, 11) is 1.67. The van der Waals surface area contributed by atoms with Gasteiger partial charge in [-0.25, -0.2) is 10.8 Å². The lowest BCUT2D eigenvalue weighted by Crippen LogP contribution is -2.53. The maximum absolute atomic E-state index is 5.48. The van der Waals surface area contributed by atoms with E-state index in [1.54, 1.807) is 7.11 Å². The van der Waals surface area contributed by atoms with Crippen LogP contribution in [0.5, 0.6) is 0 Å². The molecule has 1 rings (SSSR count). The van der Waals surface area contributed by atoms with Crippen LogP contribution < -0.4 is 11.3 Å². The molecule has 0 spiro atoms. The van der Waals surface area contributed by atoms with Crippen molar-refractivity contribution < 1.29 is 4.74 Å². The third-order valence-electron chi connectivity index (χ3n) is 2.81. The van der Waals surface area contributed by atoms with Crippen LogP contribution in [-0.4, -0.2) is 68.7 Å². The van der Waals surface area contributed by atoms with Crippen molar-refractivity contribution >= 4 is 5.96 Å². The Hall–Kier alpha value is -0.850. The Morgan fingerprint density at radius 1 is 1.38 bits per heavy atom. The molecule has 0 aromatic rings. The van der Waals surface area contributed by atoms with Crippen LogP contribution in [0.3, 0.4) is 0 Å². The van der Waals surface area contributed by atoms with Crippen LogP contribution in [0.15, 0.2) is 4.99 Å². The zero-order valence-corrected chi connectivity index (χ0v) is 10.3. The lowest BCUT2D eigenvalue weighted by atomic mass is 10.3. The van der Waals surface area contributed by atoms with Crippen LogP contribution >= 0.6 is 0 Å². The molecule has 1 saturated heterocycles. The normalized spacial score (nSPS) is 18.9. The molecule has 0 radical (unpaired) electrons. The number of hydrogen-bond acceptors (Lipinski definition) is 4. The Labute approximate surface area is 97.4 Å². The summed E-state index contributed by atoms with van der Waals surface area (Å²) in [6.45, 7) is 8.66. The molecule has 0 aliphatic carbocycles. The number of methoxy groups -OCH3 is 1. The van der Waals surface area contributed by atoms with E-state index in [0.717, 1.165) is 38.7 Å². The Morgan fingerprint density at radius 2 is 2.06 bits per heavy atom. The molecular formula is C10H23N5O. The van der Waals surface area contributed by atoms with Gasteiger partial charge < -0.3 is 14.5 Å². The number of guanidine groups is 1. The summed E-state index contributed by atoms with van der Waals surface area (Å²) in [5.74, 6) is 6.25. The van der Waals surface area contributed by atoms with E-state index in [1.165, 1.54) is 0 Å². The third-order valence-corrected chi connectivity index (χ3v) is 2.81. The predicted octanol–water partition coefficient (Wildman–Crippen LogP) is -0.910. The minimum atomic E-state index is 0.625. The predicted molar refractivity (Wildman–Crippen MR) is 65.2 cm³/mol. The lowest BCUT2D eigenvalue weighted by molar-refractivity contribution is 0.185. The van der Waals surface area contributed by atoms with Gasteiger partial charge in [-0.2, -0.15) is 0 Å². The second-order valence-electron chi connectivity index (χ2n) is 3.76. The van der Waals surface area contributed by atoms with Crippen molar-refractivity contribution in [1.82, 2.24) is 15.2 Å². The number of rotatable bonds is 4. The quantitative estimate of drug-likeness (QED) is 0.215. The molecule has 6 nitrogen and oxygen atoms in total. The van der Waals surface area contributed by atoms with Gasteiger partial charge in [0.15, 0.2) is 0 Å². The highest BCUT2D eigenvalue weighted by molar-refractivity contribution is 5.79. The number of ether oxygens (including phenoxy) is 1.